The fourth-order valence-corrected chi connectivity index (χ4v) is 1.98. The fourth-order valence-electron chi connectivity index (χ4n) is 1.98. The van der Waals surface area contributed by atoms with Gasteiger partial charge in [-0.3, -0.25) is 9.36 Å². The van der Waals surface area contributed by atoms with Gasteiger partial charge in [0.1, 0.15) is 5.82 Å². The summed E-state index contributed by atoms with van der Waals surface area (Å²) in [6.45, 7) is 4.20. The van der Waals surface area contributed by atoms with E-state index in [4.69, 9.17) is 5.73 Å². The van der Waals surface area contributed by atoms with Crippen LogP contribution in [0.2, 0.25) is 0 Å². The summed E-state index contributed by atoms with van der Waals surface area (Å²) in [5.41, 5.74) is 7.86. The van der Waals surface area contributed by atoms with Gasteiger partial charge >= 0.3 is 0 Å². The molecular formula is C10H15N3O. The van der Waals surface area contributed by atoms with E-state index < -0.39 is 0 Å². The van der Waals surface area contributed by atoms with Gasteiger partial charge in [0.25, 0.3) is 5.56 Å². The van der Waals surface area contributed by atoms with Crippen molar-refractivity contribution >= 4 is 5.82 Å². The van der Waals surface area contributed by atoms with Crippen molar-refractivity contribution in [1.82, 2.24) is 4.57 Å². The van der Waals surface area contributed by atoms with Gasteiger partial charge in [-0.15, -0.1) is 0 Å². The summed E-state index contributed by atoms with van der Waals surface area (Å²) in [6.07, 6.45) is 0.828. The Labute approximate surface area is 82.7 Å². The second-order valence-electron chi connectivity index (χ2n) is 3.61. The second-order valence-corrected chi connectivity index (χ2v) is 3.61. The van der Waals surface area contributed by atoms with Gasteiger partial charge in [0.15, 0.2) is 0 Å². The maximum Gasteiger partial charge on any atom is 0.252 e. The molecule has 0 aliphatic carbocycles. The predicted octanol–water partition coefficient (Wildman–Crippen LogP) is 0.0834. The normalized spacial score (nSPS) is 13.9. The molecule has 2 rings (SSSR count). The van der Waals surface area contributed by atoms with Crippen LogP contribution in [0.1, 0.15) is 11.1 Å². The Bertz CT molecular complexity index is 409. The maximum atomic E-state index is 11.6. The molecule has 4 heteroatoms. The van der Waals surface area contributed by atoms with Crippen molar-refractivity contribution in [3.05, 3.63) is 27.5 Å². The molecule has 0 radical (unpaired) electrons. The third-order valence-corrected chi connectivity index (χ3v) is 2.66. The van der Waals surface area contributed by atoms with Crippen LogP contribution in [0.15, 0.2) is 10.9 Å². The Hall–Kier alpha value is -1.29. The fraction of sp³-hybridized carbons (Fsp3) is 0.500. The highest BCUT2D eigenvalue weighted by Gasteiger charge is 2.16. The van der Waals surface area contributed by atoms with Gasteiger partial charge in [-0.25, -0.2) is 0 Å². The summed E-state index contributed by atoms with van der Waals surface area (Å²) in [5.74, 6) is 0.973. The van der Waals surface area contributed by atoms with Gasteiger partial charge < -0.3 is 11.1 Å². The van der Waals surface area contributed by atoms with Gasteiger partial charge in [0.05, 0.1) is 0 Å². The van der Waals surface area contributed by atoms with E-state index in [0.717, 1.165) is 30.9 Å². The summed E-state index contributed by atoms with van der Waals surface area (Å²) in [6, 6.07) is 1.70. The van der Waals surface area contributed by atoms with E-state index in [-0.39, 0.29) is 5.56 Å². The minimum Gasteiger partial charge on any atom is -0.369 e. The van der Waals surface area contributed by atoms with Crippen LogP contribution in [-0.4, -0.2) is 17.7 Å². The van der Waals surface area contributed by atoms with Gasteiger partial charge in [-0.1, -0.05) is 0 Å². The van der Waals surface area contributed by atoms with E-state index in [0.29, 0.717) is 6.54 Å². The molecule has 76 valence electrons. The molecule has 0 saturated carbocycles. The second kappa shape index (κ2) is 3.46. The van der Waals surface area contributed by atoms with Gasteiger partial charge in [-0.2, -0.15) is 0 Å². The molecule has 14 heavy (non-hydrogen) atoms. The number of nitrogens with one attached hydrogen (secondary N) is 1. The third kappa shape index (κ3) is 1.32. The zero-order valence-electron chi connectivity index (χ0n) is 8.34. The van der Waals surface area contributed by atoms with E-state index in [9.17, 15) is 4.79 Å². The summed E-state index contributed by atoms with van der Waals surface area (Å²) in [4.78, 5) is 11.6. The first kappa shape index (κ1) is 9.27. The van der Waals surface area contributed by atoms with Crippen LogP contribution in [0.25, 0.3) is 0 Å². The van der Waals surface area contributed by atoms with Crippen LogP contribution in [0.5, 0.6) is 0 Å². The van der Waals surface area contributed by atoms with Crippen molar-refractivity contribution in [2.45, 2.75) is 19.9 Å². The van der Waals surface area contributed by atoms with Crippen LogP contribution in [0.4, 0.5) is 5.82 Å². The maximum absolute atomic E-state index is 11.6. The van der Waals surface area contributed by atoms with Crippen molar-refractivity contribution in [1.29, 1.82) is 0 Å². The molecule has 0 saturated heterocycles. The van der Waals surface area contributed by atoms with Crippen molar-refractivity contribution < 1.29 is 0 Å². The molecule has 0 atom stereocenters. The molecule has 4 nitrogen and oxygen atoms in total. The molecule has 0 fully saturated rings. The minimum atomic E-state index is 0.0864. The number of hydrogen-bond donors (Lipinski definition) is 2. The Morgan fingerprint density at radius 3 is 3.14 bits per heavy atom. The monoisotopic (exact) mass is 193 g/mol. The average Bonchev–Trinajstić information content (AvgIpc) is 2.60. The van der Waals surface area contributed by atoms with Gasteiger partial charge in [-0.05, 0) is 31.0 Å². The molecule has 0 unspecified atom stereocenters. The van der Waals surface area contributed by atoms with Gasteiger partial charge in [0, 0.05) is 19.2 Å². The number of aromatic nitrogens is 1. The SMILES string of the molecule is Cc1cc(=O)n2c(c1CCN)NCC2. The number of nitrogens with two attached hydrogens (primary N) is 1. The lowest BCUT2D eigenvalue weighted by Crippen LogP contribution is -2.20. The van der Waals surface area contributed by atoms with Crippen LogP contribution >= 0.6 is 0 Å². The average molecular weight is 193 g/mol. The molecule has 3 N–H and O–H groups in total. The van der Waals surface area contributed by atoms with E-state index in [1.54, 1.807) is 10.6 Å². The zero-order valence-corrected chi connectivity index (χ0v) is 8.34. The number of fused-ring (bicyclic) bond motifs is 1. The Morgan fingerprint density at radius 2 is 2.43 bits per heavy atom. The molecule has 0 aromatic carbocycles. The van der Waals surface area contributed by atoms with E-state index in [1.165, 1.54) is 5.56 Å². The zero-order chi connectivity index (χ0) is 10.1. The van der Waals surface area contributed by atoms with Crippen molar-refractivity contribution in [3.8, 4) is 0 Å². The highest BCUT2D eigenvalue weighted by Crippen LogP contribution is 2.20. The Kier molecular flexibility index (Phi) is 2.29. The molecule has 2 heterocycles. The molecule has 1 aromatic heterocycles. The third-order valence-electron chi connectivity index (χ3n) is 2.66. The summed E-state index contributed by atoms with van der Waals surface area (Å²) < 4.78 is 1.79. The molecule has 1 aliphatic heterocycles. The summed E-state index contributed by atoms with van der Waals surface area (Å²) >= 11 is 0. The molecule has 0 spiro atoms. The van der Waals surface area contributed by atoms with E-state index >= 15 is 0 Å². The standard InChI is InChI=1S/C10H15N3O/c1-7-6-9(14)13-5-4-12-10(13)8(7)2-3-11/h6,12H,2-5,11H2,1H3. The van der Waals surface area contributed by atoms with E-state index in [1.807, 2.05) is 6.92 Å². The number of hydrogen-bond acceptors (Lipinski definition) is 3. The van der Waals surface area contributed by atoms with Crippen LogP contribution in [0, 0.1) is 6.92 Å². The highest BCUT2D eigenvalue weighted by atomic mass is 16.1. The highest BCUT2D eigenvalue weighted by molar-refractivity contribution is 5.51. The number of rotatable bonds is 2. The van der Waals surface area contributed by atoms with Crippen molar-refractivity contribution in [2.24, 2.45) is 5.73 Å². The smallest absolute Gasteiger partial charge is 0.252 e. The predicted molar refractivity (Wildman–Crippen MR) is 56.7 cm³/mol. The number of anilines is 1. The summed E-state index contributed by atoms with van der Waals surface area (Å²) in [7, 11) is 0. The van der Waals surface area contributed by atoms with Crippen LogP contribution in [-0.2, 0) is 13.0 Å². The summed E-state index contributed by atoms with van der Waals surface area (Å²) in [5, 5.41) is 3.24. The number of aryl methyl sites for hydroxylation is 1. The molecule has 0 amide bonds. The van der Waals surface area contributed by atoms with Crippen LogP contribution in [0.3, 0.4) is 0 Å². The van der Waals surface area contributed by atoms with E-state index in [2.05, 4.69) is 5.32 Å². The minimum absolute atomic E-state index is 0.0864. The molecule has 1 aliphatic rings. The number of pyridine rings is 1. The Morgan fingerprint density at radius 1 is 1.64 bits per heavy atom. The first-order valence-electron chi connectivity index (χ1n) is 4.91. The van der Waals surface area contributed by atoms with Crippen molar-refractivity contribution in [2.75, 3.05) is 18.4 Å². The Balaban J connectivity index is 2.59. The van der Waals surface area contributed by atoms with Crippen molar-refractivity contribution in [3.63, 3.8) is 0 Å². The molecular weight excluding hydrogens is 178 g/mol. The quantitative estimate of drug-likeness (QED) is 0.699. The van der Waals surface area contributed by atoms with Crippen LogP contribution < -0.4 is 16.6 Å². The lowest BCUT2D eigenvalue weighted by Gasteiger charge is -2.11. The number of nitrogens with zero attached hydrogens (tertiary/aromatic N) is 1. The largest absolute Gasteiger partial charge is 0.369 e. The molecule has 0 bridgehead atoms. The lowest BCUT2D eigenvalue weighted by molar-refractivity contribution is 0.763. The van der Waals surface area contributed by atoms with Gasteiger partial charge in [0.2, 0.25) is 0 Å². The lowest BCUT2D eigenvalue weighted by atomic mass is 10.1. The first-order valence-corrected chi connectivity index (χ1v) is 4.91. The molecule has 1 aromatic rings. The topological polar surface area (TPSA) is 60.0 Å². The first-order chi connectivity index (χ1) is 6.74.